The average Bonchev–Trinajstić information content (AvgIpc) is 2.91. The van der Waals surface area contributed by atoms with Crippen molar-refractivity contribution in [1.29, 1.82) is 0 Å². The SMILES string of the molecule is Fc1cccc(Cl)c1CC1CCCN1CC1CCNCC1. The van der Waals surface area contributed by atoms with Crippen LogP contribution in [0.1, 0.15) is 31.2 Å². The summed E-state index contributed by atoms with van der Waals surface area (Å²) in [7, 11) is 0. The molecule has 2 fully saturated rings. The van der Waals surface area contributed by atoms with Crippen molar-refractivity contribution in [1.82, 2.24) is 10.2 Å². The summed E-state index contributed by atoms with van der Waals surface area (Å²) in [6.45, 7) is 4.60. The zero-order chi connectivity index (χ0) is 14.7. The van der Waals surface area contributed by atoms with Gasteiger partial charge in [-0.05, 0) is 69.8 Å². The van der Waals surface area contributed by atoms with E-state index < -0.39 is 0 Å². The average molecular weight is 311 g/mol. The van der Waals surface area contributed by atoms with E-state index >= 15 is 0 Å². The highest BCUT2D eigenvalue weighted by molar-refractivity contribution is 6.31. The third-order valence-electron chi connectivity index (χ3n) is 4.95. The van der Waals surface area contributed by atoms with Crippen molar-refractivity contribution < 1.29 is 4.39 Å². The molecule has 2 heterocycles. The zero-order valence-corrected chi connectivity index (χ0v) is 13.2. The van der Waals surface area contributed by atoms with E-state index in [-0.39, 0.29) is 5.82 Å². The van der Waals surface area contributed by atoms with E-state index in [2.05, 4.69) is 10.2 Å². The summed E-state index contributed by atoms with van der Waals surface area (Å²) in [4.78, 5) is 2.57. The molecule has 1 aromatic carbocycles. The fraction of sp³-hybridized carbons (Fsp3) is 0.647. The molecular formula is C17H24ClFN2. The largest absolute Gasteiger partial charge is 0.317 e. The van der Waals surface area contributed by atoms with Crippen LogP contribution in [0.3, 0.4) is 0 Å². The smallest absolute Gasteiger partial charge is 0.127 e. The molecule has 0 spiro atoms. The molecule has 0 aromatic heterocycles. The lowest BCUT2D eigenvalue weighted by molar-refractivity contribution is 0.190. The normalized spacial score (nSPS) is 24.6. The van der Waals surface area contributed by atoms with Crippen molar-refractivity contribution >= 4 is 11.6 Å². The summed E-state index contributed by atoms with van der Waals surface area (Å²) in [5.41, 5.74) is 0.696. The molecule has 0 saturated carbocycles. The molecule has 0 amide bonds. The number of rotatable bonds is 4. The molecule has 0 radical (unpaired) electrons. The zero-order valence-electron chi connectivity index (χ0n) is 12.5. The van der Waals surface area contributed by atoms with Gasteiger partial charge in [-0.15, -0.1) is 0 Å². The van der Waals surface area contributed by atoms with Crippen LogP contribution in [0.4, 0.5) is 4.39 Å². The van der Waals surface area contributed by atoms with E-state index in [9.17, 15) is 4.39 Å². The van der Waals surface area contributed by atoms with Crippen molar-refractivity contribution in [3.05, 3.63) is 34.6 Å². The molecule has 2 aliphatic heterocycles. The third-order valence-corrected chi connectivity index (χ3v) is 5.31. The maximum atomic E-state index is 14.0. The van der Waals surface area contributed by atoms with Crippen molar-refractivity contribution in [2.45, 2.75) is 38.1 Å². The van der Waals surface area contributed by atoms with Crippen LogP contribution in [0, 0.1) is 11.7 Å². The Morgan fingerprint density at radius 1 is 1.24 bits per heavy atom. The second-order valence-corrected chi connectivity index (χ2v) is 6.80. The number of piperidine rings is 1. The molecule has 0 bridgehead atoms. The van der Waals surface area contributed by atoms with Crippen molar-refractivity contribution in [2.24, 2.45) is 5.92 Å². The summed E-state index contributed by atoms with van der Waals surface area (Å²) >= 11 is 6.18. The van der Waals surface area contributed by atoms with E-state index in [0.717, 1.165) is 38.4 Å². The van der Waals surface area contributed by atoms with Crippen LogP contribution in [0.25, 0.3) is 0 Å². The van der Waals surface area contributed by atoms with Gasteiger partial charge >= 0.3 is 0 Å². The quantitative estimate of drug-likeness (QED) is 0.916. The first kappa shape index (κ1) is 15.3. The summed E-state index contributed by atoms with van der Waals surface area (Å²) in [6, 6.07) is 5.46. The molecule has 3 rings (SSSR count). The molecule has 2 aliphatic rings. The van der Waals surface area contributed by atoms with Crippen LogP contribution in [0.2, 0.25) is 5.02 Å². The van der Waals surface area contributed by atoms with Crippen LogP contribution >= 0.6 is 11.6 Å². The Kier molecular flexibility index (Phi) is 5.15. The Morgan fingerprint density at radius 3 is 2.81 bits per heavy atom. The Morgan fingerprint density at radius 2 is 2.05 bits per heavy atom. The van der Waals surface area contributed by atoms with Gasteiger partial charge in [-0.3, -0.25) is 4.90 Å². The second kappa shape index (κ2) is 7.08. The lowest BCUT2D eigenvalue weighted by Gasteiger charge is -2.31. The first-order valence-corrected chi connectivity index (χ1v) is 8.49. The fourth-order valence-electron chi connectivity index (χ4n) is 3.73. The Labute approximate surface area is 131 Å². The molecule has 1 unspecified atom stereocenters. The van der Waals surface area contributed by atoms with Gasteiger partial charge < -0.3 is 5.32 Å². The third kappa shape index (κ3) is 3.77. The standard InChI is InChI=1S/C17H24ClFN2/c18-16-4-1-5-17(19)15(16)11-14-3-2-10-21(14)12-13-6-8-20-9-7-13/h1,4-5,13-14,20H,2-3,6-12H2. The Bertz CT molecular complexity index is 454. The van der Waals surface area contributed by atoms with E-state index in [0.29, 0.717) is 16.6 Å². The molecule has 2 nitrogen and oxygen atoms in total. The highest BCUT2D eigenvalue weighted by Gasteiger charge is 2.28. The monoisotopic (exact) mass is 310 g/mol. The molecule has 1 atom stereocenters. The fourth-order valence-corrected chi connectivity index (χ4v) is 3.97. The summed E-state index contributed by atoms with van der Waals surface area (Å²) in [5, 5.41) is 3.99. The Balaban J connectivity index is 1.63. The molecule has 0 aliphatic carbocycles. The van der Waals surface area contributed by atoms with E-state index in [4.69, 9.17) is 11.6 Å². The highest BCUT2D eigenvalue weighted by atomic mass is 35.5. The van der Waals surface area contributed by atoms with Gasteiger partial charge in [0.1, 0.15) is 5.82 Å². The summed E-state index contributed by atoms with van der Waals surface area (Å²) in [5.74, 6) is 0.638. The van der Waals surface area contributed by atoms with Gasteiger partial charge in [0.25, 0.3) is 0 Å². The highest BCUT2D eigenvalue weighted by Crippen LogP contribution is 2.28. The topological polar surface area (TPSA) is 15.3 Å². The minimum Gasteiger partial charge on any atom is -0.317 e. The number of hydrogen-bond donors (Lipinski definition) is 1. The lowest BCUT2D eigenvalue weighted by atomic mass is 9.96. The molecule has 1 N–H and O–H groups in total. The van der Waals surface area contributed by atoms with Crippen LogP contribution in [0.5, 0.6) is 0 Å². The second-order valence-electron chi connectivity index (χ2n) is 6.39. The van der Waals surface area contributed by atoms with Crippen molar-refractivity contribution in [2.75, 3.05) is 26.2 Å². The minimum atomic E-state index is -0.156. The van der Waals surface area contributed by atoms with E-state index in [1.165, 1.54) is 31.9 Å². The van der Waals surface area contributed by atoms with Crippen LogP contribution in [-0.2, 0) is 6.42 Å². The Hall–Kier alpha value is -0.640. The first-order valence-electron chi connectivity index (χ1n) is 8.11. The van der Waals surface area contributed by atoms with Crippen LogP contribution < -0.4 is 5.32 Å². The van der Waals surface area contributed by atoms with Crippen molar-refractivity contribution in [3.8, 4) is 0 Å². The maximum absolute atomic E-state index is 14.0. The summed E-state index contributed by atoms with van der Waals surface area (Å²) in [6.07, 6.45) is 5.67. The molecule has 21 heavy (non-hydrogen) atoms. The number of benzene rings is 1. The van der Waals surface area contributed by atoms with Gasteiger partial charge in [0.2, 0.25) is 0 Å². The predicted molar refractivity (Wildman–Crippen MR) is 85.3 cm³/mol. The molecule has 2 saturated heterocycles. The van der Waals surface area contributed by atoms with Gasteiger partial charge in [0, 0.05) is 23.2 Å². The number of nitrogens with zero attached hydrogens (tertiary/aromatic N) is 1. The van der Waals surface area contributed by atoms with E-state index in [1.54, 1.807) is 12.1 Å². The summed E-state index contributed by atoms with van der Waals surface area (Å²) < 4.78 is 14.0. The van der Waals surface area contributed by atoms with Gasteiger partial charge in [-0.2, -0.15) is 0 Å². The lowest BCUT2D eigenvalue weighted by Crippen LogP contribution is -2.39. The minimum absolute atomic E-state index is 0.156. The number of hydrogen-bond acceptors (Lipinski definition) is 2. The molecule has 1 aromatic rings. The van der Waals surface area contributed by atoms with Gasteiger partial charge in [-0.1, -0.05) is 17.7 Å². The first-order chi connectivity index (χ1) is 10.2. The number of halogens is 2. The van der Waals surface area contributed by atoms with Gasteiger partial charge in [-0.25, -0.2) is 4.39 Å². The van der Waals surface area contributed by atoms with Gasteiger partial charge in [0.05, 0.1) is 0 Å². The maximum Gasteiger partial charge on any atom is 0.127 e. The number of nitrogens with one attached hydrogen (secondary N) is 1. The van der Waals surface area contributed by atoms with Crippen molar-refractivity contribution in [3.63, 3.8) is 0 Å². The molecular weight excluding hydrogens is 287 g/mol. The van der Waals surface area contributed by atoms with Crippen LogP contribution in [0.15, 0.2) is 18.2 Å². The molecule has 4 heteroatoms. The van der Waals surface area contributed by atoms with Gasteiger partial charge in [0.15, 0.2) is 0 Å². The molecule has 116 valence electrons. The van der Waals surface area contributed by atoms with E-state index in [1.807, 2.05) is 0 Å². The predicted octanol–water partition coefficient (Wildman–Crippen LogP) is 3.49. The number of likely N-dealkylation sites (tertiary alicyclic amines) is 1. The van der Waals surface area contributed by atoms with Crippen LogP contribution in [-0.4, -0.2) is 37.1 Å².